The minimum atomic E-state index is 0.481. The van der Waals surface area contributed by atoms with Crippen LogP contribution in [0.2, 0.25) is 5.02 Å². The van der Waals surface area contributed by atoms with E-state index in [2.05, 4.69) is 23.5 Å². The summed E-state index contributed by atoms with van der Waals surface area (Å²) in [7, 11) is 0. The predicted octanol–water partition coefficient (Wildman–Crippen LogP) is 5.36. The van der Waals surface area contributed by atoms with Gasteiger partial charge in [-0.05, 0) is 74.6 Å². The molecule has 108 valence electrons. The summed E-state index contributed by atoms with van der Waals surface area (Å²) in [5, 5.41) is 4.59. The molecule has 3 heteroatoms. The Morgan fingerprint density at radius 1 is 1.30 bits per heavy atom. The monoisotopic (exact) mass is 307 g/mol. The highest BCUT2D eigenvalue weighted by atomic mass is 35.5. The Balaban J connectivity index is 1.58. The second-order valence-electron chi connectivity index (χ2n) is 5.68. The van der Waals surface area contributed by atoms with Crippen LogP contribution in [0.25, 0.3) is 0 Å². The Morgan fingerprint density at radius 2 is 2.25 bits per heavy atom. The molecule has 1 aromatic rings. The van der Waals surface area contributed by atoms with Gasteiger partial charge in [-0.2, -0.15) is 0 Å². The van der Waals surface area contributed by atoms with Crippen LogP contribution in [0.3, 0.4) is 0 Å². The lowest BCUT2D eigenvalue weighted by atomic mass is 9.97. The third-order valence-corrected chi connectivity index (χ3v) is 5.59. The molecular weight excluding hydrogens is 286 g/mol. The lowest BCUT2D eigenvalue weighted by Gasteiger charge is -2.26. The molecule has 0 bridgehead atoms. The van der Waals surface area contributed by atoms with Crippen LogP contribution < -0.4 is 5.32 Å². The molecule has 0 saturated heterocycles. The Labute approximate surface area is 131 Å². The van der Waals surface area contributed by atoms with E-state index >= 15 is 0 Å². The van der Waals surface area contributed by atoms with Crippen LogP contribution in [-0.4, -0.2) is 12.3 Å². The maximum absolute atomic E-state index is 6.15. The molecule has 0 aromatic heterocycles. The van der Waals surface area contributed by atoms with Crippen LogP contribution in [0, 0.1) is 0 Å². The molecule has 0 amide bonds. The van der Waals surface area contributed by atoms with Crippen molar-refractivity contribution < 1.29 is 0 Å². The second-order valence-corrected chi connectivity index (χ2v) is 7.26. The SMILES string of the molecule is Clc1ccc2c(c1)C(NCCC1=CCCCC1)CCS2. The third kappa shape index (κ3) is 3.60. The standard InChI is InChI=1S/C17H22ClNS/c18-14-6-7-17-15(12-14)16(9-11-20-17)19-10-8-13-4-2-1-3-5-13/h4,6-7,12,16,19H,1-3,5,8-11H2. The van der Waals surface area contributed by atoms with Crippen molar-refractivity contribution in [3.05, 3.63) is 40.4 Å². The van der Waals surface area contributed by atoms with Crippen LogP contribution in [0.15, 0.2) is 34.7 Å². The number of halogens is 1. The van der Waals surface area contributed by atoms with E-state index in [0.29, 0.717) is 6.04 Å². The number of rotatable bonds is 4. The topological polar surface area (TPSA) is 12.0 Å². The molecule has 20 heavy (non-hydrogen) atoms. The first-order chi connectivity index (χ1) is 9.83. The van der Waals surface area contributed by atoms with Gasteiger partial charge in [0.2, 0.25) is 0 Å². The summed E-state index contributed by atoms with van der Waals surface area (Å²) >= 11 is 8.10. The van der Waals surface area contributed by atoms with Crippen molar-refractivity contribution in [2.45, 2.75) is 49.5 Å². The van der Waals surface area contributed by atoms with E-state index in [1.807, 2.05) is 17.8 Å². The Morgan fingerprint density at radius 3 is 3.10 bits per heavy atom. The molecule has 1 heterocycles. The van der Waals surface area contributed by atoms with Crippen molar-refractivity contribution in [3.8, 4) is 0 Å². The van der Waals surface area contributed by atoms with Crippen molar-refractivity contribution in [2.75, 3.05) is 12.3 Å². The fourth-order valence-electron chi connectivity index (χ4n) is 3.12. The number of benzene rings is 1. The number of hydrogen-bond donors (Lipinski definition) is 1. The summed E-state index contributed by atoms with van der Waals surface area (Å²) in [5.74, 6) is 1.20. The van der Waals surface area contributed by atoms with E-state index in [-0.39, 0.29) is 0 Å². The van der Waals surface area contributed by atoms with Gasteiger partial charge >= 0.3 is 0 Å². The lowest BCUT2D eigenvalue weighted by Crippen LogP contribution is -2.26. The second kappa shape index (κ2) is 7.02. The van der Waals surface area contributed by atoms with Gasteiger partial charge in [0.15, 0.2) is 0 Å². The molecule has 0 saturated carbocycles. The summed E-state index contributed by atoms with van der Waals surface area (Å²) < 4.78 is 0. The first kappa shape index (κ1) is 14.5. The van der Waals surface area contributed by atoms with Gasteiger partial charge in [-0.3, -0.25) is 0 Å². The van der Waals surface area contributed by atoms with E-state index in [9.17, 15) is 0 Å². The fourth-order valence-corrected chi connectivity index (χ4v) is 4.40. The molecule has 1 aromatic carbocycles. The zero-order chi connectivity index (χ0) is 13.8. The van der Waals surface area contributed by atoms with Gasteiger partial charge in [-0.25, -0.2) is 0 Å². The summed E-state index contributed by atoms with van der Waals surface area (Å²) in [6.07, 6.45) is 10.2. The van der Waals surface area contributed by atoms with E-state index in [4.69, 9.17) is 11.6 Å². The van der Waals surface area contributed by atoms with Crippen molar-refractivity contribution in [1.82, 2.24) is 5.32 Å². The largest absolute Gasteiger partial charge is 0.310 e. The maximum atomic E-state index is 6.15. The number of thioether (sulfide) groups is 1. The molecule has 1 nitrogen and oxygen atoms in total. The zero-order valence-electron chi connectivity index (χ0n) is 11.8. The average Bonchev–Trinajstić information content (AvgIpc) is 2.49. The molecule has 3 rings (SSSR count). The highest BCUT2D eigenvalue weighted by Gasteiger charge is 2.20. The van der Waals surface area contributed by atoms with Gasteiger partial charge in [0.25, 0.3) is 0 Å². The third-order valence-electron chi connectivity index (χ3n) is 4.23. The Hall–Kier alpha value is -0.440. The molecule has 1 aliphatic carbocycles. The van der Waals surface area contributed by atoms with Gasteiger partial charge in [0.05, 0.1) is 0 Å². The number of hydrogen-bond acceptors (Lipinski definition) is 2. The van der Waals surface area contributed by atoms with E-state index in [1.165, 1.54) is 54.7 Å². The average molecular weight is 308 g/mol. The lowest BCUT2D eigenvalue weighted by molar-refractivity contribution is 0.507. The first-order valence-electron chi connectivity index (χ1n) is 7.66. The summed E-state index contributed by atoms with van der Waals surface area (Å²) in [6, 6.07) is 6.79. The highest BCUT2D eigenvalue weighted by Crippen LogP contribution is 2.37. The molecule has 1 N–H and O–H groups in total. The first-order valence-corrected chi connectivity index (χ1v) is 9.03. The van der Waals surface area contributed by atoms with Crippen LogP contribution in [0.4, 0.5) is 0 Å². The van der Waals surface area contributed by atoms with Crippen molar-refractivity contribution in [3.63, 3.8) is 0 Å². The summed E-state index contributed by atoms with van der Waals surface area (Å²) in [5.41, 5.74) is 3.05. The number of fused-ring (bicyclic) bond motifs is 1. The molecule has 0 spiro atoms. The molecule has 0 fully saturated rings. The molecule has 1 atom stereocenters. The van der Waals surface area contributed by atoms with Crippen LogP contribution in [0.5, 0.6) is 0 Å². The normalized spacial score (nSPS) is 22.2. The minimum Gasteiger partial charge on any atom is -0.310 e. The summed E-state index contributed by atoms with van der Waals surface area (Å²) in [4.78, 5) is 1.40. The Bertz CT molecular complexity index is 498. The van der Waals surface area contributed by atoms with E-state index in [0.717, 1.165) is 11.6 Å². The van der Waals surface area contributed by atoms with Gasteiger partial charge in [0, 0.05) is 16.0 Å². The van der Waals surface area contributed by atoms with Crippen LogP contribution >= 0.6 is 23.4 Å². The summed E-state index contributed by atoms with van der Waals surface area (Å²) in [6.45, 7) is 1.09. The molecule has 1 unspecified atom stereocenters. The van der Waals surface area contributed by atoms with E-state index in [1.54, 1.807) is 5.57 Å². The van der Waals surface area contributed by atoms with Crippen LogP contribution in [0.1, 0.15) is 50.1 Å². The van der Waals surface area contributed by atoms with Gasteiger partial charge in [-0.1, -0.05) is 23.3 Å². The van der Waals surface area contributed by atoms with Gasteiger partial charge in [-0.15, -0.1) is 11.8 Å². The quantitative estimate of drug-likeness (QED) is 0.752. The van der Waals surface area contributed by atoms with Gasteiger partial charge < -0.3 is 5.32 Å². The molecule has 2 aliphatic rings. The Kier molecular flexibility index (Phi) is 5.09. The molecule has 1 aliphatic heterocycles. The maximum Gasteiger partial charge on any atom is 0.0410 e. The fraction of sp³-hybridized carbons (Fsp3) is 0.529. The van der Waals surface area contributed by atoms with Crippen molar-refractivity contribution >= 4 is 23.4 Å². The minimum absolute atomic E-state index is 0.481. The molecule has 0 radical (unpaired) electrons. The zero-order valence-corrected chi connectivity index (χ0v) is 13.4. The molecular formula is C17H22ClNS. The number of allylic oxidation sites excluding steroid dienone is 1. The number of nitrogens with one attached hydrogen (secondary N) is 1. The smallest absolute Gasteiger partial charge is 0.0410 e. The van der Waals surface area contributed by atoms with E-state index < -0.39 is 0 Å². The van der Waals surface area contributed by atoms with Gasteiger partial charge in [0.1, 0.15) is 0 Å². The van der Waals surface area contributed by atoms with Crippen LogP contribution in [-0.2, 0) is 0 Å². The highest BCUT2D eigenvalue weighted by molar-refractivity contribution is 7.99. The predicted molar refractivity (Wildman–Crippen MR) is 88.7 cm³/mol. The van der Waals surface area contributed by atoms with Crippen molar-refractivity contribution in [1.29, 1.82) is 0 Å². The van der Waals surface area contributed by atoms with Crippen molar-refractivity contribution in [2.24, 2.45) is 0 Å².